The van der Waals surface area contributed by atoms with E-state index in [0.29, 0.717) is 32.1 Å². The molecule has 370 valence electrons. The molecule has 3 saturated carbocycles. The molecule has 5 N–H and O–H groups in total. The van der Waals surface area contributed by atoms with Crippen molar-refractivity contribution in [2.75, 3.05) is 21.3 Å². The topological polar surface area (TPSA) is 201 Å². The number of hydrogen-bond donors (Lipinski definition) is 5. The molecule has 4 aliphatic carbocycles. The van der Waals surface area contributed by atoms with E-state index in [-0.39, 0.29) is 56.0 Å². The summed E-state index contributed by atoms with van der Waals surface area (Å²) in [5.41, 5.74) is -5.54. The Morgan fingerprint density at radius 1 is 0.803 bits per heavy atom. The standard InChI is InChI=1S/C51H76O15/c1-28-44(54)36(58-7)25-42(62-28)65-46-30(3)63-43(26-38(46)60-9)66-45-29(2)61-35(24-37(45)59-8)33-17-19-47(5)34(23-33)18-20-50(56)39(47)27-40(64-41(53)16-15-32-13-11-10-12-14-32)48(6)49(55,31(4)52)21-22-51(48,50)57/h10-16,18,28-31,33,35-40,42-46,52,54-57H,17,19-27H2,1-9H3/b16-15+/t28-,29-,30-,31?,33+,35-,36-,37+,38+,39-,40?,42+,43+,44-,45-,46-,47+,48-,49+,50+,51-/m1/s1. The maximum atomic E-state index is 13.6. The predicted molar refractivity (Wildman–Crippen MR) is 240 cm³/mol. The molecule has 1 aromatic rings. The monoisotopic (exact) mass is 929 g/mol. The molecule has 0 bridgehead atoms. The zero-order valence-corrected chi connectivity index (χ0v) is 40.2. The molecule has 1 aromatic carbocycles. The lowest BCUT2D eigenvalue weighted by atomic mass is 9.42. The van der Waals surface area contributed by atoms with Gasteiger partial charge in [0.25, 0.3) is 0 Å². The Bertz CT molecular complexity index is 1910. The number of carbonyl (C=O) groups is 1. The second-order valence-corrected chi connectivity index (χ2v) is 21.0. The van der Waals surface area contributed by atoms with Crippen LogP contribution in [0.25, 0.3) is 6.08 Å². The van der Waals surface area contributed by atoms with Crippen molar-refractivity contribution >= 4 is 12.0 Å². The number of methoxy groups -OCH3 is 3. The first-order valence-electron chi connectivity index (χ1n) is 24.3. The number of carbonyl (C=O) groups excluding carboxylic acids is 1. The van der Waals surface area contributed by atoms with Crippen LogP contribution in [-0.4, -0.2) is 155 Å². The molecule has 15 heteroatoms. The summed E-state index contributed by atoms with van der Waals surface area (Å²) >= 11 is 0. The molecular weight excluding hydrogens is 853 g/mol. The Kier molecular flexibility index (Phi) is 14.5. The van der Waals surface area contributed by atoms with Gasteiger partial charge in [-0.05, 0) is 95.6 Å². The van der Waals surface area contributed by atoms with E-state index in [4.69, 9.17) is 42.6 Å². The Hall–Kier alpha value is -2.35. The van der Waals surface area contributed by atoms with Crippen LogP contribution in [0.5, 0.6) is 0 Å². The van der Waals surface area contributed by atoms with Gasteiger partial charge < -0.3 is 68.2 Å². The minimum absolute atomic E-state index is 0.0314. The second kappa shape index (κ2) is 19.1. The van der Waals surface area contributed by atoms with E-state index in [2.05, 4.69) is 13.0 Å². The molecule has 3 aliphatic heterocycles. The van der Waals surface area contributed by atoms with Gasteiger partial charge in [0.2, 0.25) is 0 Å². The fourth-order valence-corrected chi connectivity index (χ4v) is 13.8. The van der Waals surface area contributed by atoms with Crippen molar-refractivity contribution in [2.24, 2.45) is 22.7 Å². The number of fused-ring (bicyclic) bond motifs is 5. The third kappa shape index (κ3) is 8.37. The van der Waals surface area contributed by atoms with E-state index in [1.807, 2.05) is 44.2 Å². The van der Waals surface area contributed by atoms with E-state index in [1.54, 1.807) is 41.3 Å². The molecule has 21 atom stereocenters. The summed E-state index contributed by atoms with van der Waals surface area (Å²) in [7, 11) is 4.91. The normalized spacial score (nSPS) is 48.8. The van der Waals surface area contributed by atoms with Gasteiger partial charge in [-0.15, -0.1) is 0 Å². The SMILES string of the molecule is CO[C@H]1C[C@H](O[C@H]2[C@@H](OC)C[C@H]([C@H]3CC[C@@]4(C)C(=CC[C@]5(O)[C@@H]4CC(OC(=O)/C=C/c4ccccc4)[C@@]4(C)[C@]5(O)CC[C@]4(O)C(C)O)C3)O[C@@H]2C)O[C@H](C)[C@H]1O[C@H]1C[C@@H](OC)[C@H](O)[C@@H](C)O1. The number of hydrogen-bond acceptors (Lipinski definition) is 15. The Labute approximate surface area is 390 Å². The molecule has 3 heterocycles. The zero-order valence-electron chi connectivity index (χ0n) is 40.2. The summed E-state index contributed by atoms with van der Waals surface area (Å²) in [5.74, 6) is -0.997. The van der Waals surface area contributed by atoms with E-state index in [0.717, 1.165) is 12.0 Å². The fourth-order valence-electron chi connectivity index (χ4n) is 13.8. The first-order chi connectivity index (χ1) is 31.3. The van der Waals surface area contributed by atoms with E-state index >= 15 is 0 Å². The number of esters is 1. The van der Waals surface area contributed by atoms with Crippen LogP contribution >= 0.6 is 0 Å². The number of rotatable bonds is 12. The summed E-state index contributed by atoms with van der Waals surface area (Å²) in [5, 5.41) is 59.8. The number of benzene rings is 1. The van der Waals surface area contributed by atoms with Gasteiger partial charge in [0, 0.05) is 52.6 Å². The van der Waals surface area contributed by atoms with E-state index in [9.17, 15) is 30.3 Å². The zero-order chi connectivity index (χ0) is 47.6. The van der Waals surface area contributed by atoms with Crippen LogP contribution in [0.3, 0.4) is 0 Å². The summed E-state index contributed by atoms with van der Waals surface area (Å²) in [4.78, 5) is 13.6. The first-order valence-corrected chi connectivity index (χ1v) is 24.3. The molecule has 0 radical (unpaired) electrons. The minimum Gasteiger partial charge on any atom is -0.458 e. The van der Waals surface area contributed by atoms with Gasteiger partial charge in [0.05, 0.1) is 54.2 Å². The largest absolute Gasteiger partial charge is 0.458 e. The second-order valence-electron chi connectivity index (χ2n) is 21.0. The van der Waals surface area contributed by atoms with Gasteiger partial charge in [0.1, 0.15) is 41.2 Å². The molecule has 0 spiro atoms. The number of allylic oxidation sites excluding steroid dienone is 1. The Balaban J connectivity index is 0.950. The van der Waals surface area contributed by atoms with Gasteiger partial charge in [-0.3, -0.25) is 0 Å². The molecular formula is C51H76O15. The smallest absolute Gasteiger partial charge is 0.331 e. The lowest BCUT2D eigenvalue weighted by Crippen LogP contribution is -2.78. The Morgan fingerprint density at radius 2 is 1.41 bits per heavy atom. The van der Waals surface area contributed by atoms with Crippen molar-refractivity contribution < 1.29 is 73.0 Å². The lowest BCUT2D eigenvalue weighted by Gasteiger charge is -2.67. The fraction of sp³-hybridized carbons (Fsp3) is 0.784. The van der Waals surface area contributed by atoms with Crippen LogP contribution in [0.2, 0.25) is 0 Å². The quantitative estimate of drug-likeness (QED) is 0.109. The van der Waals surface area contributed by atoms with Crippen molar-refractivity contribution in [1.29, 1.82) is 0 Å². The highest BCUT2D eigenvalue weighted by molar-refractivity contribution is 5.87. The first kappa shape index (κ1) is 50.1. The highest BCUT2D eigenvalue weighted by atomic mass is 16.7. The highest BCUT2D eigenvalue weighted by Crippen LogP contribution is 2.71. The molecule has 0 amide bonds. The highest BCUT2D eigenvalue weighted by Gasteiger charge is 2.81. The van der Waals surface area contributed by atoms with Gasteiger partial charge in [-0.2, -0.15) is 0 Å². The predicted octanol–water partition coefficient (Wildman–Crippen LogP) is 4.77. The van der Waals surface area contributed by atoms with Gasteiger partial charge >= 0.3 is 5.97 Å². The Morgan fingerprint density at radius 3 is 2.05 bits per heavy atom. The summed E-state index contributed by atoms with van der Waals surface area (Å²) in [6, 6.07) is 9.39. The van der Waals surface area contributed by atoms with Crippen LogP contribution in [0, 0.1) is 22.7 Å². The van der Waals surface area contributed by atoms with Crippen LogP contribution in [0.15, 0.2) is 48.1 Å². The summed E-state index contributed by atoms with van der Waals surface area (Å²) < 4.78 is 56.2. The number of ether oxygens (including phenoxy) is 9. The summed E-state index contributed by atoms with van der Waals surface area (Å²) in [6.45, 7) is 11.1. The number of aliphatic hydroxyl groups excluding tert-OH is 2. The lowest BCUT2D eigenvalue weighted by molar-refractivity contribution is -0.331. The third-order valence-electron chi connectivity index (χ3n) is 17.9. The summed E-state index contributed by atoms with van der Waals surface area (Å²) in [6.07, 6.45) is 1.62. The van der Waals surface area contributed by atoms with Crippen LogP contribution in [0.4, 0.5) is 0 Å². The molecule has 15 nitrogen and oxygen atoms in total. The van der Waals surface area contributed by atoms with E-state index in [1.165, 1.54) is 18.6 Å². The van der Waals surface area contributed by atoms with Crippen LogP contribution in [0.1, 0.15) is 111 Å². The van der Waals surface area contributed by atoms with Crippen LogP contribution < -0.4 is 0 Å². The van der Waals surface area contributed by atoms with Gasteiger partial charge in [-0.25, -0.2) is 4.79 Å². The average molecular weight is 929 g/mol. The average Bonchev–Trinajstić information content (AvgIpc) is 3.53. The van der Waals surface area contributed by atoms with E-state index < -0.39 is 101 Å². The van der Waals surface area contributed by atoms with Crippen molar-refractivity contribution in [3.63, 3.8) is 0 Å². The molecule has 2 unspecified atom stereocenters. The molecule has 0 aromatic heterocycles. The minimum atomic E-state index is -1.88. The molecule has 6 fully saturated rings. The maximum absolute atomic E-state index is 13.6. The van der Waals surface area contributed by atoms with Crippen molar-refractivity contribution in [2.45, 2.75) is 208 Å². The van der Waals surface area contributed by atoms with Gasteiger partial charge in [0.15, 0.2) is 12.6 Å². The number of aliphatic hydroxyl groups is 5. The van der Waals surface area contributed by atoms with Gasteiger partial charge in [-0.1, -0.05) is 55.8 Å². The molecule has 8 rings (SSSR count). The van der Waals surface area contributed by atoms with Crippen LogP contribution in [-0.2, 0) is 47.4 Å². The van der Waals surface area contributed by atoms with Crippen molar-refractivity contribution in [3.05, 3.63) is 53.6 Å². The maximum Gasteiger partial charge on any atom is 0.331 e. The third-order valence-corrected chi connectivity index (χ3v) is 17.9. The molecule has 66 heavy (non-hydrogen) atoms. The van der Waals surface area contributed by atoms with Crippen molar-refractivity contribution in [3.8, 4) is 0 Å². The molecule has 7 aliphatic rings. The molecule has 3 saturated heterocycles. The van der Waals surface area contributed by atoms with Crippen molar-refractivity contribution in [1.82, 2.24) is 0 Å².